The molecule has 28 heavy (non-hydrogen) atoms. The van der Waals surface area contributed by atoms with Crippen molar-refractivity contribution >= 4 is 28.8 Å². The minimum atomic E-state index is -1.10. The molecule has 6 heteroatoms. The zero-order chi connectivity index (χ0) is 20.3. The highest BCUT2D eigenvalue weighted by Gasteiger charge is 2.35. The molecule has 2 aromatic rings. The van der Waals surface area contributed by atoms with Crippen LogP contribution in [0.1, 0.15) is 18.1 Å². The van der Waals surface area contributed by atoms with Crippen LogP contribution in [0.3, 0.4) is 0 Å². The van der Waals surface area contributed by atoms with E-state index >= 15 is 0 Å². The Morgan fingerprint density at radius 1 is 0.893 bits per heavy atom. The predicted molar refractivity (Wildman–Crippen MR) is 109 cm³/mol. The van der Waals surface area contributed by atoms with Gasteiger partial charge in [0.2, 0.25) is 0 Å². The van der Waals surface area contributed by atoms with E-state index in [1.165, 1.54) is 0 Å². The van der Waals surface area contributed by atoms with Crippen LogP contribution >= 0.6 is 23.2 Å². The molecule has 1 unspecified atom stereocenters. The molecule has 1 heterocycles. The van der Waals surface area contributed by atoms with Crippen molar-refractivity contribution in [3.63, 3.8) is 0 Å². The second kappa shape index (κ2) is 7.79. The van der Waals surface area contributed by atoms with Crippen LogP contribution in [0.5, 0.6) is 0 Å². The van der Waals surface area contributed by atoms with Crippen LogP contribution in [0.4, 0.5) is 0 Å². The van der Waals surface area contributed by atoms with Crippen molar-refractivity contribution in [2.45, 2.75) is 12.5 Å². The Morgan fingerprint density at radius 3 is 1.93 bits per heavy atom. The number of rotatable bonds is 3. The van der Waals surface area contributed by atoms with Gasteiger partial charge in [-0.25, -0.2) is 0 Å². The minimum absolute atomic E-state index is 0.266. The summed E-state index contributed by atoms with van der Waals surface area (Å²) in [5.41, 5.74) is 2.10. The molecule has 0 saturated heterocycles. The van der Waals surface area contributed by atoms with Gasteiger partial charge >= 0.3 is 0 Å². The molecule has 1 atom stereocenters. The average Bonchev–Trinajstić information content (AvgIpc) is 2.69. The normalized spacial score (nSPS) is 18.5. The van der Waals surface area contributed by atoms with Gasteiger partial charge in [0, 0.05) is 10.0 Å². The molecule has 0 aliphatic carbocycles. The average molecular weight is 405 g/mol. The first-order valence-corrected chi connectivity index (χ1v) is 9.14. The first kappa shape index (κ1) is 19.5. The molecule has 0 bridgehead atoms. The lowest BCUT2D eigenvalue weighted by Crippen LogP contribution is -2.42. The van der Waals surface area contributed by atoms with Crippen LogP contribution in [0.15, 0.2) is 65.9 Å². The van der Waals surface area contributed by atoms with Crippen LogP contribution in [0, 0.1) is 39.9 Å². The molecule has 0 spiro atoms. The lowest BCUT2D eigenvalue weighted by atomic mass is 9.80. The molecule has 0 aromatic heterocycles. The molecule has 3 rings (SSSR count). The van der Waals surface area contributed by atoms with Crippen molar-refractivity contribution in [1.29, 1.82) is 15.8 Å². The molecular weight excluding hydrogens is 391 g/mol. The Morgan fingerprint density at radius 2 is 1.43 bits per heavy atom. The summed E-state index contributed by atoms with van der Waals surface area (Å²) in [5.74, 6) is -1.10. The summed E-state index contributed by atoms with van der Waals surface area (Å²) in [5, 5.41) is 33.1. The Bertz CT molecular complexity index is 1080. The highest BCUT2D eigenvalue weighted by molar-refractivity contribution is 6.30. The summed E-state index contributed by atoms with van der Waals surface area (Å²) < 4.78 is 0. The van der Waals surface area contributed by atoms with E-state index in [4.69, 9.17) is 23.2 Å². The lowest BCUT2D eigenvalue weighted by molar-refractivity contribution is 0.486. The van der Waals surface area contributed by atoms with Gasteiger partial charge in [-0.3, -0.25) is 0 Å². The second-order valence-electron chi connectivity index (χ2n) is 6.49. The van der Waals surface area contributed by atoms with Gasteiger partial charge in [0.25, 0.3) is 0 Å². The van der Waals surface area contributed by atoms with E-state index in [1.807, 2.05) is 49.4 Å². The zero-order valence-corrected chi connectivity index (χ0v) is 16.4. The van der Waals surface area contributed by atoms with Gasteiger partial charge in [-0.05, 0) is 54.0 Å². The van der Waals surface area contributed by atoms with Gasteiger partial charge in [0.1, 0.15) is 6.07 Å². The summed E-state index contributed by atoms with van der Waals surface area (Å²) in [6, 6.07) is 20.5. The third-order valence-electron chi connectivity index (χ3n) is 4.62. The molecule has 0 saturated carbocycles. The summed E-state index contributed by atoms with van der Waals surface area (Å²) in [6.45, 7) is 1.92. The molecule has 2 aromatic carbocycles. The molecular formula is C22H14Cl2N4. The number of allylic oxidation sites excluding steroid dienone is 3. The van der Waals surface area contributed by atoms with Gasteiger partial charge in [-0.2, -0.15) is 15.8 Å². The summed E-state index contributed by atoms with van der Waals surface area (Å²) in [7, 11) is 0. The van der Waals surface area contributed by atoms with Crippen molar-refractivity contribution in [3.05, 3.63) is 87.0 Å². The monoisotopic (exact) mass is 404 g/mol. The number of benzene rings is 2. The molecule has 0 fully saturated rings. The van der Waals surface area contributed by atoms with Crippen LogP contribution in [0.2, 0.25) is 10.0 Å². The largest absolute Gasteiger partial charge is 0.373 e. The maximum absolute atomic E-state index is 9.81. The fourth-order valence-electron chi connectivity index (χ4n) is 3.19. The third-order valence-corrected chi connectivity index (χ3v) is 5.13. The van der Waals surface area contributed by atoms with Gasteiger partial charge < -0.3 is 5.32 Å². The summed E-state index contributed by atoms with van der Waals surface area (Å²) >= 11 is 12.0. The molecule has 1 aliphatic rings. The minimum Gasteiger partial charge on any atom is -0.373 e. The Hall–Kier alpha value is -3.23. The van der Waals surface area contributed by atoms with E-state index in [9.17, 15) is 15.8 Å². The lowest BCUT2D eigenvalue weighted by Gasteiger charge is -2.36. The molecule has 4 nitrogen and oxygen atoms in total. The van der Waals surface area contributed by atoms with E-state index in [0.717, 1.165) is 11.1 Å². The highest BCUT2D eigenvalue weighted by Crippen LogP contribution is 2.39. The number of nitriles is 3. The Labute approximate surface area is 173 Å². The number of halogens is 2. The maximum Gasteiger partial charge on any atom is 0.173 e. The number of nitrogens with zero attached hydrogens (tertiary/aromatic N) is 3. The van der Waals surface area contributed by atoms with E-state index < -0.39 is 11.5 Å². The van der Waals surface area contributed by atoms with Crippen molar-refractivity contribution in [2.75, 3.05) is 0 Å². The molecule has 1 N–H and O–H groups in total. The van der Waals surface area contributed by atoms with Gasteiger partial charge in [-0.15, -0.1) is 0 Å². The van der Waals surface area contributed by atoms with Gasteiger partial charge in [-0.1, -0.05) is 47.5 Å². The molecule has 0 radical (unpaired) electrons. The Kier molecular flexibility index (Phi) is 5.43. The third kappa shape index (κ3) is 3.60. The first-order valence-electron chi connectivity index (χ1n) is 8.38. The number of nitrogens with one attached hydrogen (secondary N) is 1. The zero-order valence-electron chi connectivity index (χ0n) is 14.9. The number of hydrogen-bond acceptors (Lipinski definition) is 4. The van der Waals surface area contributed by atoms with Crippen molar-refractivity contribution in [2.24, 2.45) is 5.92 Å². The van der Waals surface area contributed by atoms with Crippen LogP contribution in [0.25, 0.3) is 5.57 Å². The van der Waals surface area contributed by atoms with Gasteiger partial charge in [0.05, 0.1) is 28.9 Å². The fraction of sp³-hybridized carbons (Fsp3) is 0.136. The topological polar surface area (TPSA) is 83.4 Å². The number of hydrogen-bond donors (Lipinski definition) is 1. The van der Waals surface area contributed by atoms with Gasteiger partial charge in [0.15, 0.2) is 5.92 Å². The van der Waals surface area contributed by atoms with E-state index in [2.05, 4.69) is 11.4 Å². The first-order chi connectivity index (χ1) is 13.4. The SMILES string of the molecule is CC1(c2ccc(Cl)cc2)C=C(c2ccc(Cl)cc2)C(C#N)=C(C(C#N)C#N)N1. The smallest absolute Gasteiger partial charge is 0.173 e. The van der Waals surface area contributed by atoms with Crippen LogP contribution < -0.4 is 5.32 Å². The van der Waals surface area contributed by atoms with Crippen LogP contribution in [-0.2, 0) is 5.54 Å². The predicted octanol–water partition coefficient (Wildman–Crippen LogP) is 5.34. The van der Waals surface area contributed by atoms with Crippen molar-refractivity contribution in [1.82, 2.24) is 5.32 Å². The van der Waals surface area contributed by atoms with Crippen molar-refractivity contribution < 1.29 is 0 Å². The molecule has 136 valence electrons. The molecule has 1 aliphatic heterocycles. The van der Waals surface area contributed by atoms with E-state index in [-0.39, 0.29) is 11.3 Å². The summed E-state index contributed by atoms with van der Waals surface area (Å²) in [4.78, 5) is 0. The second-order valence-corrected chi connectivity index (χ2v) is 7.36. The van der Waals surface area contributed by atoms with E-state index in [1.54, 1.807) is 24.3 Å². The summed E-state index contributed by atoms with van der Waals surface area (Å²) in [6.07, 6.45) is 1.92. The molecule has 0 amide bonds. The van der Waals surface area contributed by atoms with E-state index in [0.29, 0.717) is 15.6 Å². The van der Waals surface area contributed by atoms with Crippen molar-refractivity contribution in [3.8, 4) is 18.2 Å². The fourth-order valence-corrected chi connectivity index (χ4v) is 3.44. The Balaban J connectivity index is 2.26. The standard InChI is InChI=1S/C22H14Cl2N4/c1-22(16-4-8-18(24)9-5-16)10-19(14-2-6-17(23)7-3-14)20(13-27)21(28-22)15(11-25)12-26/h2-10,15,28H,1H3. The maximum atomic E-state index is 9.81. The van der Waals surface area contributed by atoms with Crippen LogP contribution in [-0.4, -0.2) is 0 Å². The number of dihydropyridines is 1. The quantitative estimate of drug-likeness (QED) is 0.748. The highest BCUT2D eigenvalue weighted by atomic mass is 35.5.